The Bertz CT molecular complexity index is 1070. The molecule has 1 atom stereocenters. The highest BCUT2D eigenvalue weighted by atomic mass is 16.5. The highest BCUT2D eigenvalue weighted by Gasteiger charge is 2.21. The Kier molecular flexibility index (Phi) is 16.3. The zero-order valence-corrected chi connectivity index (χ0v) is 24.1. The molecule has 2 aliphatic heterocycles. The third kappa shape index (κ3) is 11.6. The molecule has 212 valence electrons. The molecule has 1 aromatic carbocycles. The van der Waals surface area contributed by atoms with Crippen LogP contribution < -0.4 is 20.3 Å². The molecule has 0 radical (unpaired) electrons. The van der Waals surface area contributed by atoms with E-state index in [1.54, 1.807) is 17.3 Å². The lowest BCUT2D eigenvalue weighted by molar-refractivity contribution is -0.117. The number of likely N-dealkylation sites (N-methyl/N-ethyl adjacent to an activating group) is 1. The lowest BCUT2D eigenvalue weighted by atomic mass is 9.99. The van der Waals surface area contributed by atoms with E-state index in [2.05, 4.69) is 39.2 Å². The summed E-state index contributed by atoms with van der Waals surface area (Å²) in [5.74, 6) is 8.18. The third-order valence-electron chi connectivity index (χ3n) is 6.04. The van der Waals surface area contributed by atoms with Crippen molar-refractivity contribution < 1.29 is 19.1 Å². The van der Waals surface area contributed by atoms with Gasteiger partial charge >= 0.3 is 0 Å². The van der Waals surface area contributed by atoms with Crippen molar-refractivity contribution in [3.05, 3.63) is 53.2 Å². The second-order valence-electron chi connectivity index (χ2n) is 8.63. The lowest BCUT2D eigenvalue weighted by Gasteiger charge is -2.27. The van der Waals surface area contributed by atoms with Crippen LogP contribution in [0.5, 0.6) is 5.75 Å². The van der Waals surface area contributed by atoms with E-state index >= 15 is 0 Å². The van der Waals surface area contributed by atoms with Crippen LogP contribution in [0.1, 0.15) is 61.5 Å². The van der Waals surface area contributed by atoms with Crippen LogP contribution in [-0.2, 0) is 16.0 Å². The third-order valence-corrected chi connectivity index (χ3v) is 6.04. The Morgan fingerprint density at radius 3 is 2.28 bits per heavy atom. The summed E-state index contributed by atoms with van der Waals surface area (Å²) in [6.07, 6.45) is 7.34. The predicted molar refractivity (Wildman–Crippen MR) is 156 cm³/mol. The molecule has 0 saturated carbocycles. The number of pyridine rings is 1. The molecule has 0 aliphatic carbocycles. The van der Waals surface area contributed by atoms with Crippen LogP contribution in [0, 0.1) is 11.8 Å². The summed E-state index contributed by atoms with van der Waals surface area (Å²) in [6, 6.07) is 10.0. The summed E-state index contributed by atoms with van der Waals surface area (Å²) in [5, 5.41) is 4.85. The Morgan fingerprint density at radius 2 is 1.74 bits per heavy atom. The molecule has 2 N–H and O–H groups in total. The minimum absolute atomic E-state index is 0.0881. The van der Waals surface area contributed by atoms with Gasteiger partial charge in [0.1, 0.15) is 11.6 Å². The minimum atomic E-state index is 0.0881. The van der Waals surface area contributed by atoms with Crippen molar-refractivity contribution in [2.45, 2.75) is 52.5 Å². The first-order chi connectivity index (χ1) is 18.9. The number of amides is 3. The Hall–Kier alpha value is -3.90. The molecule has 1 saturated heterocycles. The summed E-state index contributed by atoms with van der Waals surface area (Å²) in [4.78, 5) is 38.5. The standard InChI is InChI=1S/C15H21N3.C11H13NO2.C2H3NO2.C2H6/c1-13(16-2)6-7-14-8-9-15(17-12-14)18-10-4-3-5-11-18;1-12-6-5-8-3-4-9(14-2)7-10(8)11(12)13;4-1-3-2-5;1-2/h8-9,12-13,16H,3-5,10-11H2,1-2H3;3-4,7H,5-6H2,1-2H3;1-2H,(H,3,4,5);1-2H3. The van der Waals surface area contributed by atoms with Gasteiger partial charge in [-0.05, 0) is 69.5 Å². The number of carbonyl (C=O) groups is 3. The normalized spacial score (nSPS) is 14.2. The number of hydrogen-bond donors (Lipinski definition) is 2. The molecule has 3 amide bonds. The molecule has 1 unspecified atom stereocenters. The molecule has 1 aromatic heterocycles. The molecule has 4 rings (SSSR count). The fourth-order valence-electron chi connectivity index (χ4n) is 3.76. The first-order valence-electron chi connectivity index (χ1n) is 13.4. The molecule has 3 heterocycles. The summed E-state index contributed by atoms with van der Waals surface area (Å²) in [6.45, 7) is 9.12. The average molecular weight is 538 g/mol. The van der Waals surface area contributed by atoms with E-state index in [0.29, 0.717) is 12.8 Å². The molecule has 0 spiro atoms. The van der Waals surface area contributed by atoms with E-state index in [1.165, 1.54) is 19.3 Å². The van der Waals surface area contributed by atoms with Gasteiger partial charge in [0, 0.05) is 44.0 Å². The van der Waals surface area contributed by atoms with Crippen molar-refractivity contribution in [2.75, 3.05) is 45.7 Å². The maximum atomic E-state index is 11.8. The van der Waals surface area contributed by atoms with Crippen LogP contribution >= 0.6 is 0 Å². The minimum Gasteiger partial charge on any atom is -0.497 e. The van der Waals surface area contributed by atoms with Gasteiger partial charge in [-0.15, -0.1) is 0 Å². The van der Waals surface area contributed by atoms with Gasteiger partial charge in [-0.25, -0.2) is 4.98 Å². The summed E-state index contributed by atoms with van der Waals surface area (Å²) in [5.41, 5.74) is 2.88. The van der Waals surface area contributed by atoms with E-state index in [9.17, 15) is 4.79 Å². The van der Waals surface area contributed by atoms with Crippen molar-refractivity contribution in [2.24, 2.45) is 0 Å². The number of fused-ring (bicyclic) bond motifs is 1. The van der Waals surface area contributed by atoms with Gasteiger partial charge in [-0.2, -0.15) is 0 Å². The highest BCUT2D eigenvalue weighted by Crippen LogP contribution is 2.23. The summed E-state index contributed by atoms with van der Waals surface area (Å²) >= 11 is 0. The smallest absolute Gasteiger partial charge is 0.254 e. The number of rotatable bonds is 5. The van der Waals surface area contributed by atoms with Crippen molar-refractivity contribution in [1.82, 2.24) is 20.5 Å². The summed E-state index contributed by atoms with van der Waals surface area (Å²) in [7, 11) is 5.35. The van der Waals surface area contributed by atoms with Gasteiger partial charge in [-0.3, -0.25) is 14.4 Å². The Morgan fingerprint density at radius 1 is 1.05 bits per heavy atom. The van der Waals surface area contributed by atoms with Gasteiger partial charge in [0.2, 0.25) is 12.8 Å². The van der Waals surface area contributed by atoms with Gasteiger partial charge in [0.05, 0.1) is 13.2 Å². The highest BCUT2D eigenvalue weighted by molar-refractivity contribution is 5.97. The van der Waals surface area contributed by atoms with E-state index in [1.807, 2.05) is 59.3 Å². The van der Waals surface area contributed by atoms with E-state index < -0.39 is 0 Å². The number of methoxy groups -OCH3 is 1. The second-order valence-corrected chi connectivity index (χ2v) is 8.63. The predicted octanol–water partition coefficient (Wildman–Crippen LogP) is 3.27. The van der Waals surface area contributed by atoms with Crippen LogP contribution in [0.15, 0.2) is 36.5 Å². The Labute approximate surface area is 233 Å². The van der Waals surface area contributed by atoms with Gasteiger partial charge in [0.25, 0.3) is 5.91 Å². The fourth-order valence-corrected chi connectivity index (χ4v) is 3.76. The largest absolute Gasteiger partial charge is 0.497 e. The first-order valence-corrected chi connectivity index (χ1v) is 13.4. The van der Waals surface area contributed by atoms with Crippen LogP contribution in [-0.4, -0.2) is 75.5 Å². The zero-order chi connectivity index (χ0) is 29.0. The van der Waals surface area contributed by atoms with Crippen molar-refractivity contribution >= 4 is 24.5 Å². The first kappa shape index (κ1) is 33.1. The van der Waals surface area contributed by atoms with E-state index in [0.717, 1.165) is 54.3 Å². The molecule has 2 aliphatic rings. The van der Waals surface area contributed by atoms with Crippen molar-refractivity contribution in [1.29, 1.82) is 0 Å². The number of nitrogens with zero attached hydrogens (tertiary/aromatic N) is 3. The number of piperidine rings is 1. The molecule has 9 nitrogen and oxygen atoms in total. The molecule has 2 aromatic rings. The maximum absolute atomic E-state index is 11.8. The molecule has 0 bridgehead atoms. The average Bonchev–Trinajstić information content (AvgIpc) is 3.00. The SMILES string of the molecule is CC.CNC(C)C#Cc1ccc(N2CCCCC2)nc1.COc1ccc2c(c1)C(=O)N(C)CC2.O=CNC=O. The van der Waals surface area contributed by atoms with Crippen LogP contribution in [0.4, 0.5) is 5.82 Å². The van der Waals surface area contributed by atoms with Crippen molar-refractivity contribution in [3.8, 4) is 17.6 Å². The molecular formula is C30H43N5O4. The number of aromatic nitrogens is 1. The van der Waals surface area contributed by atoms with E-state index in [-0.39, 0.29) is 11.9 Å². The van der Waals surface area contributed by atoms with E-state index in [4.69, 9.17) is 14.3 Å². The van der Waals surface area contributed by atoms with Crippen LogP contribution in [0.2, 0.25) is 0 Å². The molecule has 1 fully saturated rings. The number of carbonyl (C=O) groups excluding carboxylic acids is 3. The van der Waals surface area contributed by atoms with Gasteiger partial charge in [-0.1, -0.05) is 31.8 Å². The Balaban J connectivity index is 0.000000322. The quantitative estimate of drug-likeness (QED) is 0.446. The van der Waals surface area contributed by atoms with Gasteiger partial charge in [0.15, 0.2) is 0 Å². The van der Waals surface area contributed by atoms with Gasteiger partial charge < -0.3 is 25.2 Å². The molecule has 39 heavy (non-hydrogen) atoms. The van der Waals surface area contributed by atoms with Crippen LogP contribution in [0.3, 0.4) is 0 Å². The van der Waals surface area contributed by atoms with Crippen LogP contribution in [0.25, 0.3) is 0 Å². The fraction of sp³-hybridized carbons (Fsp3) is 0.467. The van der Waals surface area contributed by atoms with Crippen molar-refractivity contribution in [3.63, 3.8) is 0 Å². The number of anilines is 1. The number of nitrogens with one attached hydrogen (secondary N) is 2. The summed E-state index contributed by atoms with van der Waals surface area (Å²) < 4.78 is 5.09. The zero-order valence-electron chi connectivity index (χ0n) is 24.1. The lowest BCUT2D eigenvalue weighted by Crippen LogP contribution is -2.34. The molecule has 9 heteroatoms. The monoisotopic (exact) mass is 537 g/mol. The topological polar surface area (TPSA) is 104 Å². The molecular weight excluding hydrogens is 494 g/mol. The number of benzene rings is 1. The number of ether oxygens (including phenoxy) is 1. The number of imide groups is 1. The maximum Gasteiger partial charge on any atom is 0.254 e. The number of hydrogen-bond acceptors (Lipinski definition) is 7. The second kappa shape index (κ2) is 19.2.